The molecule has 0 atom stereocenters. The number of carbonyl (C=O) groups is 1. The van der Waals surface area contributed by atoms with Crippen LogP contribution in [0, 0.1) is 0 Å². The second kappa shape index (κ2) is 9.71. The number of hydrogen-bond donors (Lipinski definition) is 1. The molecule has 0 saturated carbocycles. The van der Waals surface area contributed by atoms with Crippen LogP contribution in [-0.4, -0.2) is 71.4 Å². The summed E-state index contributed by atoms with van der Waals surface area (Å²) in [5.74, 6) is -0.299. The first-order valence-corrected chi connectivity index (χ1v) is 11.6. The average molecular weight is 412 g/mol. The summed E-state index contributed by atoms with van der Waals surface area (Å²) in [5.41, 5.74) is 1.59. The van der Waals surface area contributed by atoms with E-state index in [2.05, 4.69) is 31.0 Å². The van der Waals surface area contributed by atoms with Crippen molar-refractivity contribution in [2.75, 3.05) is 56.5 Å². The Morgan fingerprint density at radius 3 is 2.32 bits per heavy atom. The Kier molecular flexibility index (Phi) is 7.86. The number of carbonyl (C=O) groups excluding carboxylic acids is 1. The lowest BCUT2D eigenvalue weighted by atomic mass is 9.87. The van der Waals surface area contributed by atoms with Gasteiger partial charge in [-0.15, -0.1) is 0 Å². The van der Waals surface area contributed by atoms with Crippen molar-refractivity contribution >= 4 is 21.6 Å². The van der Waals surface area contributed by atoms with Crippen molar-refractivity contribution in [1.29, 1.82) is 0 Å². The number of amides is 1. The second-order valence-corrected chi connectivity index (χ2v) is 10.1. The van der Waals surface area contributed by atoms with Gasteiger partial charge in [-0.2, -0.15) is 0 Å². The highest BCUT2D eigenvalue weighted by Gasteiger charge is 2.22. The van der Waals surface area contributed by atoms with Crippen LogP contribution < -0.4 is 9.62 Å². The molecule has 0 unspecified atom stereocenters. The Balaban J connectivity index is 1.90. The summed E-state index contributed by atoms with van der Waals surface area (Å²) in [5, 5.41) is 2.83. The number of anilines is 1. The fraction of sp³-hybridized carbons (Fsp3) is 0.650. The predicted octanol–water partition coefficient (Wildman–Crippen LogP) is 1.59. The molecule has 1 fully saturated rings. The Morgan fingerprint density at radius 2 is 1.79 bits per heavy atom. The van der Waals surface area contributed by atoms with Crippen molar-refractivity contribution in [3.63, 3.8) is 0 Å². The summed E-state index contributed by atoms with van der Waals surface area (Å²) in [6, 6.07) is 7.34. The highest BCUT2D eigenvalue weighted by Crippen LogP contribution is 2.25. The molecule has 1 aliphatic rings. The smallest absolute Gasteiger partial charge is 0.240 e. The van der Waals surface area contributed by atoms with E-state index in [4.69, 9.17) is 4.74 Å². The van der Waals surface area contributed by atoms with Crippen LogP contribution in [0.4, 0.5) is 5.69 Å². The van der Waals surface area contributed by atoms with E-state index in [0.717, 1.165) is 55.4 Å². The van der Waals surface area contributed by atoms with E-state index >= 15 is 0 Å². The Labute approximate surface area is 169 Å². The van der Waals surface area contributed by atoms with Gasteiger partial charge in [0.05, 0.1) is 25.2 Å². The maximum atomic E-state index is 12.3. The zero-order chi connectivity index (χ0) is 20.8. The molecule has 1 amide bonds. The normalized spacial score (nSPS) is 16.0. The molecule has 158 valence electrons. The maximum absolute atomic E-state index is 12.3. The minimum atomic E-state index is -3.56. The van der Waals surface area contributed by atoms with E-state index in [9.17, 15) is 13.2 Å². The summed E-state index contributed by atoms with van der Waals surface area (Å²) in [7, 11) is -3.56. The van der Waals surface area contributed by atoms with Crippen LogP contribution in [0.3, 0.4) is 0 Å². The van der Waals surface area contributed by atoms with Crippen molar-refractivity contribution in [1.82, 2.24) is 10.2 Å². The molecule has 1 aromatic carbocycles. The van der Waals surface area contributed by atoms with Crippen LogP contribution in [0.15, 0.2) is 24.3 Å². The number of nitrogens with zero attached hydrogens (tertiary/aromatic N) is 2. The third kappa shape index (κ3) is 7.07. The Hall–Kier alpha value is -1.64. The van der Waals surface area contributed by atoms with Gasteiger partial charge in [0.1, 0.15) is 6.54 Å². The monoisotopic (exact) mass is 411 g/mol. The lowest BCUT2D eigenvalue weighted by Crippen LogP contribution is -2.42. The SMILES string of the molecule is CC(C)(C)c1ccc(N(CC(=O)NCCCN2CCOCC2)S(C)(=O)=O)cc1. The van der Waals surface area contributed by atoms with Crippen LogP contribution in [-0.2, 0) is 25.0 Å². The maximum Gasteiger partial charge on any atom is 0.240 e. The summed E-state index contributed by atoms with van der Waals surface area (Å²) >= 11 is 0. The van der Waals surface area contributed by atoms with E-state index in [-0.39, 0.29) is 17.9 Å². The zero-order valence-electron chi connectivity index (χ0n) is 17.4. The van der Waals surface area contributed by atoms with Crippen LogP contribution in [0.25, 0.3) is 0 Å². The minimum Gasteiger partial charge on any atom is -0.379 e. The van der Waals surface area contributed by atoms with E-state index in [1.807, 2.05) is 12.1 Å². The van der Waals surface area contributed by atoms with Gasteiger partial charge in [-0.1, -0.05) is 32.9 Å². The molecule has 7 nitrogen and oxygen atoms in total. The number of sulfonamides is 1. The molecule has 1 heterocycles. The van der Waals surface area contributed by atoms with Gasteiger partial charge in [0.2, 0.25) is 15.9 Å². The van der Waals surface area contributed by atoms with Gasteiger partial charge in [-0.25, -0.2) is 8.42 Å². The predicted molar refractivity (Wildman–Crippen MR) is 112 cm³/mol. The van der Waals surface area contributed by atoms with Crippen LogP contribution in [0.1, 0.15) is 32.8 Å². The fourth-order valence-corrected chi connectivity index (χ4v) is 3.93. The molecule has 8 heteroatoms. The van der Waals surface area contributed by atoms with Gasteiger partial charge in [0.25, 0.3) is 0 Å². The van der Waals surface area contributed by atoms with Gasteiger partial charge in [-0.3, -0.25) is 14.0 Å². The molecule has 1 N–H and O–H groups in total. The zero-order valence-corrected chi connectivity index (χ0v) is 18.2. The molecule has 0 aromatic heterocycles. The standard InChI is InChI=1S/C20H33N3O4S/c1-20(2,3)17-6-8-18(9-7-17)23(28(4,25)26)16-19(24)21-10-5-11-22-12-14-27-15-13-22/h6-9H,5,10-16H2,1-4H3,(H,21,24). The number of ether oxygens (including phenoxy) is 1. The van der Waals surface area contributed by atoms with E-state index in [1.165, 1.54) is 0 Å². The first-order valence-electron chi connectivity index (χ1n) is 9.72. The highest BCUT2D eigenvalue weighted by molar-refractivity contribution is 7.92. The number of rotatable bonds is 8. The molecule has 1 saturated heterocycles. The molecule has 0 spiro atoms. The quantitative estimate of drug-likeness (QED) is 0.657. The number of hydrogen-bond acceptors (Lipinski definition) is 5. The fourth-order valence-electron chi connectivity index (χ4n) is 3.07. The molecule has 0 aliphatic carbocycles. The van der Waals surface area contributed by atoms with E-state index in [1.54, 1.807) is 12.1 Å². The largest absolute Gasteiger partial charge is 0.379 e. The van der Waals surface area contributed by atoms with Crippen LogP contribution in [0.2, 0.25) is 0 Å². The summed E-state index contributed by atoms with van der Waals surface area (Å²) in [4.78, 5) is 14.6. The van der Waals surface area contributed by atoms with Crippen LogP contribution >= 0.6 is 0 Å². The highest BCUT2D eigenvalue weighted by atomic mass is 32.2. The Bertz CT molecular complexity index is 736. The first kappa shape index (κ1) is 22.6. The van der Waals surface area contributed by atoms with Gasteiger partial charge in [0.15, 0.2) is 0 Å². The second-order valence-electron chi connectivity index (χ2n) is 8.22. The molecule has 28 heavy (non-hydrogen) atoms. The van der Waals surface area contributed by atoms with Crippen molar-refractivity contribution in [2.24, 2.45) is 0 Å². The molecule has 0 bridgehead atoms. The number of benzene rings is 1. The third-order valence-corrected chi connectivity index (χ3v) is 5.93. The Morgan fingerprint density at radius 1 is 1.18 bits per heavy atom. The van der Waals surface area contributed by atoms with Crippen LogP contribution in [0.5, 0.6) is 0 Å². The van der Waals surface area contributed by atoms with Gasteiger partial charge in [-0.05, 0) is 36.1 Å². The van der Waals surface area contributed by atoms with Crippen molar-refractivity contribution < 1.29 is 17.9 Å². The molecule has 2 rings (SSSR count). The van der Waals surface area contributed by atoms with Crippen molar-refractivity contribution in [3.05, 3.63) is 29.8 Å². The first-order chi connectivity index (χ1) is 13.1. The molecular weight excluding hydrogens is 378 g/mol. The van der Waals surface area contributed by atoms with E-state index in [0.29, 0.717) is 12.2 Å². The molecule has 0 radical (unpaired) electrons. The van der Waals surface area contributed by atoms with Gasteiger partial charge < -0.3 is 10.1 Å². The topological polar surface area (TPSA) is 79.0 Å². The van der Waals surface area contributed by atoms with Crippen molar-refractivity contribution in [3.8, 4) is 0 Å². The summed E-state index contributed by atoms with van der Waals surface area (Å²) in [6.45, 7) is 10.8. The lowest BCUT2D eigenvalue weighted by molar-refractivity contribution is -0.119. The lowest BCUT2D eigenvalue weighted by Gasteiger charge is -2.26. The number of nitrogens with one attached hydrogen (secondary N) is 1. The third-order valence-electron chi connectivity index (χ3n) is 4.79. The molecule has 1 aromatic rings. The average Bonchev–Trinajstić information content (AvgIpc) is 2.63. The summed E-state index contributed by atoms with van der Waals surface area (Å²) < 4.78 is 30.9. The van der Waals surface area contributed by atoms with E-state index < -0.39 is 10.0 Å². The molecular formula is C20H33N3O4S. The van der Waals surface area contributed by atoms with Gasteiger partial charge >= 0.3 is 0 Å². The van der Waals surface area contributed by atoms with Crippen molar-refractivity contribution in [2.45, 2.75) is 32.6 Å². The minimum absolute atomic E-state index is 0.0215. The molecule has 1 aliphatic heterocycles. The van der Waals surface area contributed by atoms with Gasteiger partial charge in [0, 0.05) is 19.6 Å². The summed E-state index contributed by atoms with van der Waals surface area (Å²) in [6.07, 6.45) is 1.95. The number of morpholine rings is 1.